The molecule has 0 unspecified atom stereocenters. The van der Waals surface area contributed by atoms with Crippen LogP contribution in [0.1, 0.15) is 11.1 Å². The van der Waals surface area contributed by atoms with Gasteiger partial charge in [-0.05, 0) is 18.2 Å². The predicted molar refractivity (Wildman–Crippen MR) is 69.7 cm³/mol. The lowest BCUT2D eigenvalue weighted by atomic mass is 10.1. The van der Waals surface area contributed by atoms with Crippen molar-refractivity contribution in [2.45, 2.75) is 6.54 Å². The van der Waals surface area contributed by atoms with Crippen molar-refractivity contribution in [2.75, 3.05) is 11.9 Å². The molecule has 2 aromatic carbocycles. The van der Waals surface area contributed by atoms with Crippen molar-refractivity contribution in [2.24, 2.45) is 0 Å². The second-order valence-corrected chi connectivity index (χ2v) is 4.08. The first-order valence-corrected chi connectivity index (χ1v) is 5.66. The van der Waals surface area contributed by atoms with Crippen molar-refractivity contribution in [3.63, 3.8) is 0 Å². The maximum absolute atomic E-state index is 13.6. The Hall–Kier alpha value is -2.34. The van der Waals surface area contributed by atoms with Crippen LogP contribution in [-0.4, -0.2) is 7.05 Å². The summed E-state index contributed by atoms with van der Waals surface area (Å²) in [4.78, 5) is 1.87. The van der Waals surface area contributed by atoms with E-state index in [0.29, 0.717) is 17.7 Å². The molecule has 0 N–H and O–H groups in total. The average Bonchev–Trinajstić information content (AvgIpc) is 2.41. The number of hydrogen-bond acceptors (Lipinski definition) is 2. The molecular formula is C15H13FN2. The summed E-state index contributed by atoms with van der Waals surface area (Å²) in [5, 5.41) is 9.04. The molecule has 0 fully saturated rings. The fraction of sp³-hybridized carbons (Fsp3) is 0.133. The highest BCUT2D eigenvalue weighted by molar-refractivity contribution is 5.58. The van der Waals surface area contributed by atoms with Gasteiger partial charge in [0.25, 0.3) is 0 Å². The van der Waals surface area contributed by atoms with Gasteiger partial charge in [-0.1, -0.05) is 30.3 Å². The molecule has 0 saturated heterocycles. The molecule has 0 aliphatic rings. The number of hydrogen-bond donors (Lipinski definition) is 0. The second kappa shape index (κ2) is 5.33. The summed E-state index contributed by atoms with van der Waals surface area (Å²) in [7, 11) is 1.85. The van der Waals surface area contributed by atoms with Crippen molar-refractivity contribution in [3.05, 3.63) is 65.5 Å². The van der Waals surface area contributed by atoms with E-state index in [2.05, 4.69) is 6.07 Å². The van der Waals surface area contributed by atoms with Crippen LogP contribution in [0.4, 0.5) is 10.1 Å². The minimum absolute atomic E-state index is 0.223. The molecule has 90 valence electrons. The summed E-state index contributed by atoms with van der Waals surface area (Å²) >= 11 is 0. The Morgan fingerprint density at radius 1 is 1.11 bits per heavy atom. The molecule has 0 atom stereocenters. The van der Waals surface area contributed by atoms with Gasteiger partial charge in [0.05, 0.1) is 11.3 Å². The van der Waals surface area contributed by atoms with E-state index in [1.807, 2.05) is 36.2 Å². The monoisotopic (exact) mass is 240 g/mol. The van der Waals surface area contributed by atoms with Crippen molar-refractivity contribution in [1.29, 1.82) is 5.26 Å². The predicted octanol–water partition coefficient (Wildman–Crippen LogP) is 3.33. The van der Waals surface area contributed by atoms with Crippen LogP contribution in [0.15, 0.2) is 48.5 Å². The number of anilines is 1. The fourth-order valence-corrected chi connectivity index (χ4v) is 1.87. The van der Waals surface area contributed by atoms with Crippen LogP contribution in [0.3, 0.4) is 0 Å². The molecule has 0 aliphatic carbocycles. The van der Waals surface area contributed by atoms with Crippen LogP contribution in [0.25, 0.3) is 0 Å². The molecule has 0 radical (unpaired) electrons. The van der Waals surface area contributed by atoms with Gasteiger partial charge in [-0.2, -0.15) is 5.26 Å². The van der Waals surface area contributed by atoms with E-state index in [0.717, 1.165) is 5.69 Å². The lowest BCUT2D eigenvalue weighted by Crippen LogP contribution is -2.18. The van der Waals surface area contributed by atoms with Crippen molar-refractivity contribution < 1.29 is 4.39 Å². The standard InChI is InChI=1S/C15H13FN2/c1-18(11-13-7-2-4-8-14(13)16)15-9-5-3-6-12(15)10-17/h2-9H,11H2,1H3. The molecule has 2 rings (SSSR count). The zero-order valence-corrected chi connectivity index (χ0v) is 10.1. The van der Waals surface area contributed by atoms with Crippen LogP contribution < -0.4 is 4.90 Å². The highest BCUT2D eigenvalue weighted by atomic mass is 19.1. The first-order chi connectivity index (χ1) is 8.72. The summed E-state index contributed by atoms with van der Waals surface area (Å²) in [5.74, 6) is -0.223. The van der Waals surface area contributed by atoms with E-state index in [9.17, 15) is 4.39 Å². The SMILES string of the molecule is CN(Cc1ccccc1F)c1ccccc1C#N. The molecular weight excluding hydrogens is 227 g/mol. The van der Waals surface area contributed by atoms with Gasteiger partial charge >= 0.3 is 0 Å². The Bertz CT molecular complexity index is 587. The Labute approximate surface area is 106 Å². The Morgan fingerprint density at radius 2 is 1.78 bits per heavy atom. The van der Waals surface area contributed by atoms with Crippen LogP contribution in [0.2, 0.25) is 0 Å². The zero-order valence-electron chi connectivity index (χ0n) is 10.1. The molecule has 0 amide bonds. The van der Waals surface area contributed by atoms with E-state index >= 15 is 0 Å². The lowest BCUT2D eigenvalue weighted by molar-refractivity contribution is 0.608. The molecule has 2 aromatic rings. The van der Waals surface area contributed by atoms with Gasteiger partial charge in [0.2, 0.25) is 0 Å². The molecule has 3 heteroatoms. The van der Waals surface area contributed by atoms with Gasteiger partial charge in [0.1, 0.15) is 11.9 Å². The third-order valence-electron chi connectivity index (χ3n) is 2.80. The minimum Gasteiger partial charge on any atom is -0.369 e. The number of rotatable bonds is 3. The first-order valence-electron chi connectivity index (χ1n) is 5.66. The largest absolute Gasteiger partial charge is 0.369 e. The quantitative estimate of drug-likeness (QED) is 0.822. The molecule has 0 aromatic heterocycles. The molecule has 0 bridgehead atoms. The number of nitriles is 1. The Kier molecular flexibility index (Phi) is 3.59. The smallest absolute Gasteiger partial charge is 0.128 e. The van der Waals surface area contributed by atoms with E-state index in [1.54, 1.807) is 18.2 Å². The summed E-state index contributed by atoms with van der Waals surface area (Å²) in [6.07, 6.45) is 0. The first kappa shape index (κ1) is 12.1. The van der Waals surface area contributed by atoms with E-state index in [-0.39, 0.29) is 5.82 Å². The second-order valence-electron chi connectivity index (χ2n) is 4.08. The summed E-state index contributed by atoms with van der Waals surface area (Å²) < 4.78 is 13.6. The van der Waals surface area contributed by atoms with Gasteiger partial charge in [0, 0.05) is 19.2 Å². The van der Waals surface area contributed by atoms with Gasteiger partial charge in [0.15, 0.2) is 0 Å². The van der Waals surface area contributed by atoms with Gasteiger partial charge < -0.3 is 4.90 Å². The number of benzene rings is 2. The summed E-state index contributed by atoms with van der Waals surface area (Å²) in [6.45, 7) is 0.436. The minimum atomic E-state index is -0.223. The van der Waals surface area contributed by atoms with E-state index in [4.69, 9.17) is 5.26 Å². The molecule has 18 heavy (non-hydrogen) atoms. The third-order valence-corrected chi connectivity index (χ3v) is 2.80. The number of halogens is 1. The topological polar surface area (TPSA) is 27.0 Å². The normalized spacial score (nSPS) is 9.83. The van der Waals surface area contributed by atoms with Gasteiger partial charge in [-0.3, -0.25) is 0 Å². The van der Waals surface area contributed by atoms with Crippen LogP contribution >= 0.6 is 0 Å². The maximum Gasteiger partial charge on any atom is 0.128 e. The van der Waals surface area contributed by atoms with E-state index < -0.39 is 0 Å². The van der Waals surface area contributed by atoms with Crippen LogP contribution in [-0.2, 0) is 6.54 Å². The summed E-state index contributed by atoms with van der Waals surface area (Å²) in [5.41, 5.74) is 2.02. The van der Waals surface area contributed by atoms with Crippen LogP contribution in [0.5, 0.6) is 0 Å². The van der Waals surface area contributed by atoms with Gasteiger partial charge in [-0.15, -0.1) is 0 Å². The number of nitrogens with zero attached hydrogens (tertiary/aromatic N) is 2. The fourth-order valence-electron chi connectivity index (χ4n) is 1.87. The molecule has 0 spiro atoms. The molecule has 0 heterocycles. The number of para-hydroxylation sites is 1. The lowest BCUT2D eigenvalue weighted by Gasteiger charge is -2.20. The van der Waals surface area contributed by atoms with Crippen molar-refractivity contribution >= 4 is 5.69 Å². The average molecular weight is 240 g/mol. The molecule has 2 nitrogen and oxygen atoms in total. The molecule has 0 saturated carbocycles. The van der Waals surface area contributed by atoms with E-state index in [1.165, 1.54) is 6.07 Å². The maximum atomic E-state index is 13.6. The van der Waals surface area contributed by atoms with Crippen molar-refractivity contribution in [1.82, 2.24) is 0 Å². The Balaban J connectivity index is 2.26. The highest BCUT2D eigenvalue weighted by Gasteiger charge is 2.09. The summed E-state index contributed by atoms with van der Waals surface area (Å²) in [6, 6.07) is 16.1. The van der Waals surface area contributed by atoms with Gasteiger partial charge in [-0.25, -0.2) is 4.39 Å². The highest BCUT2D eigenvalue weighted by Crippen LogP contribution is 2.20. The van der Waals surface area contributed by atoms with Crippen LogP contribution in [0, 0.1) is 17.1 Å². The Morgan fingerprint density at radius 3 is 2.50 bits per heavy atom. The molecule has 0 aliphatic heterocycles. The zero-order chi connectivity index (χ0) is 13.0. The third kappa shape index (κ3) is 2.49. The van der Waals surface area contributed by atoms with Crippen molar-refractivity contribution in [3.8, 4) is 6.07 Å².